The van der Waals surface area contributed by atoms with Gasteiger partial charge in [0.2, 0.25) is 0 Å². The first kappa shape index (κ1) is 16.5. The van der Waals surface area contributed by atoms with Crippen molar-refractivity contribution in [2.24, 2.45) is 5.73 Å². The smallest absolute Gasteiger partial charge is 0.126 e. The molecule has 0 amide bonds. The SMILES string of the molecule is Cc1ccc(C)c(OCCC(CN)c2ccccc2F)c1C. The molecule has 0 spiro atoms. The summed E-state index contributed by atoms with van der Waals surface area (Å²) < 4.78 is 19.8. The normalized spacial score (nSPS) is 12.2. The van der Waals surface area contributed by atoms with Crippen LogP contribution >= 0.6 is 0 Å². The largest absolute Gasteiger partial charge is 0.493 e. The Morgan fingerprint density at radius 3 is 2.41 bits per heavy atom. The predicted molar refractivity (Wildman–Crippen MR) is 89.0 cm³/mol. The van der Waals surface area contributed by atoms with Crippen LogP contribution in [0.1, 0.15) is 34.6 Å². The number of halogens is 1. The summed E-state index contributed by atoms with van der Waals surface area (Å²) in [6.07, 6.45) is 0.699. The van der Waals surface area contributed by atoms with Crippen molar-refractivity contribution in [2.75, 3.05) is 13.2 Å². The van der Waals surface area contributed by atoms with Crippen LogP contribution in [0.25, 0.3) is 0 Å². The highest BCUT2D eigenvalue weighted by Gasteiger charge is 2.15. The number of nitrogens with two attached hydrogens (primary N) is 1. The van der Waals surface area contributed by atoms with Gasteiger partial charge in [-0.15, -0.1) is 0 Å². The minimum Gasteiger partial charge on any atom is -0.493 e. The van der Waals surface area contributed by atoms with Crippen LogP contribution in [0.5, 0.6) is 5.75 Å². The van der Waals surface area contributed by atoms with Gasteiger partial charge in [0.15, 0.2) is 0 Å². The second-order valence-electron chi connectivity index (χ2n) is 5.74. The maximum absolute atomic E-state index is 13.9. The summed E-state index contributed by atoms with van der Waals surface area (Å²) in [6, 6.07) is 11.0. The first-order chi connectivity index (χ1) is 10.5. The van der Waals surface area contributed by atoms with Crippen LogP contribution in [0.4, 0.5) is 4.39 Å². The Morgan fingerprint density at radius 1 is 1.05 bits per heavy atom. The average Bonchev–Trinajstić information content (AvgIpc) is 2.52. The van der Waals surface area contributed by atoms with Crippen molar-refractivity contribution < 1.29 is 9.13 Å². The van der Waals surface area contributed by atoms with E-state index in [9.17, 15) is 4.39 Å². The second-order valence-corrected chi connectivity index (χ2v) is 5.74. The second kappa shape index (κ2) is 7.41. The van der Waals surface area contributed by atoms with E-state index in [0.29, 0.717) is 25.1 Å². The fraction of sp³-hybridized carbons (Fsp3) is 0.368. The molecule has 118 valence electrons. The summed E-state index contributed by atoms with van der Waals surface area (Å²) in [6.45, 7) is 7.12. The monoisotopic (exact) mass is 301 g/mol. The van der Waals surface area contributed by atoms with Crippen LogP contribution in [-0.4, -0.2) is 13.2 Å². The van der Waals surface area contributed by atoms with Crippen molar-refractivity contribution in [3.05, 3.63) is 64.5 Å². The maximum atomic E-state index is 13.9. The Bertz CT molecular complexity index is 639. The van der Waals surface area contributed by atoms with Gasteiger partial charge in [-0.3, -0.25) is 0 Å². The van der Waals surface area contributed by atoms with Gasteiger partial charge in [0.1, 0.15) is 11.6 Å². The molecule has 0 saturated carbocycles. The van der Waals surface area contributed by atoms with Gasteiger partial charge in [-0.05, 0) is 62.1 Å². The third-order valence-electron chi connectivity index (χ3n) is 4.22. The van der Waals surface area contributed by atoms with E-state index in [2.05, 4.69) is 26.0 Å². The van der Waals surface area contributed by atoms with Gasteiger partial charge in [0, 0.05) is 5.92 Å². The van der Waals surface area contributed by atoms with Gasteiger partial charge in [-0.25, -0.2) is 4.39 Å². The number of ether oxygens (including phenoxy) is 1. The van der Waals surface area contributed by atoms with Crippen LogP contribution in [0, 0.1) is 26.6 Å². The van der Waals surface area contributed by atoms with E-state index in [1.54, 1.807) is 12.1 Å². The zero-order chi connectivity index (χ0) is 16.1. The van der Waals surface area contributed by atoms with Gasteiger partial charge in [-0.1, -0.05) is 30.3 Å². The van der Waals surface area contributed by atoms with Gasteiger partial charge in [0.25, 0.3) is 0 Å². The Labute approximate surface area is 132 Å². The standard InChI is InChI=1S/C19H24FNO/c1-13-8-9-14(2)19(15(13)3)22-11-10-16(12-21)17-6-4-5-7-18(17)20/h4-9,16H,10-12,21H2,1-3H3. The van der Waals surface area contributed by atoms with Crippen LogP contribution < -0.4 is 10.5 Å². The Kier molecular flexibility index (Phi) is 5.56. The Hall–Kier alpha value is -1.87. The number of benzene rings is 2. The number of rotatable bonds is 6. The van der Waals surface area contributed by atoms with Crippen molar-refractivity contribution >= 4 is 0 Å². The molecule has 1 atom stereocenters. The van der Waals surface area contributed by atoms with E-state index in [1.165, 1.54) is 11.6 Å². The minimum absolute atomic E-state index is 0.0216. The van der Waals surface area contributed by atoms with Crippen molar-refractivity contribution in [1.82, 2.24) is 0 Å². The highest BCUT2D eigenvalue weighted by molar-refractivity contribution is 5.44. The van der Waals surface area contributed by atoms with E-state index in [0.717, 1.165) is 16.9 Å². The zero-order valence-corrected chi connectivity index (χ0v) is 13.5. The molecular formula is C19H24FNO. The van der Waals surface area contributed by atoms with Crippen molar-refractivity contribution in [3.8, 4) is 5.75 Å². The molecule has 3 heteroatoms. The molecule has 0 aliphatic heterocycles. The molecule has 0 aromatic heterocycles. The fourth-order valence-electron chi connectivity index (χ4n) is 2.66. The summed E-state index contributed by atoms with van der Waals surface area (Å²) in [5.41, 5.74) is 9.99. The molecule has 0 aliphatic rings. The molecule has 0 bridgehead atoms. The van der Waals surface area contributed by atoms with Gasteiger partial charge in [-0.2, -0.15) is 0 Å². The predicted octanol–water partition coefficient (Wildman–Crippen LogP) is 4.26. The number of hydrogen-bond donors (Lipinski definition) is 1. The Balaban J connectivity index is 2.04. The van der Waals surface area contributed by atoms with Gasteiger partial charge < -0.3 is 10.5 Å². The van der Waals surface area contributed by atoms with Crippen LogP contribution in [-0.2, 0) is 0 Å². The van der Waals surface area contributed by atoms with E-state index in [4.69, 9.17) is 10.5 Å². The fourth-order valence-corrected chi connectivity index (χ4v) is 2.66. The molecule has 0 heterocycles. The molecule has 2 rings (SSSR count). The molecule has 0 saturated heterocycles. The number of aryl methyl sites for hydroxylation is 2. The summed E-state index contributed by atoms with van der Waals surface area (Å²) in [4.78, 5) is 0. The molecule has 1 unspecified atom stereocenters. The zero-order valence-electron chi connectivity index (χ0n) is 13.5. The maximum Gasteiger partial charge on any atom is 0.126 e. The Morgan fingerprint density at radius 2 is 1.73 bits per heavy atom. The first-order valence-corrected chi connectivity index (χ1v) is 7.68. The lowest BCUT2D eigenvalue weighted by Gasteiger charge is -2.18. The molecular weight excluding hydrogens is 277 g/mol. The highest BCUT2D eigenvalue weighted by atomic mass is 19.1. The van der Waals surface area contributed by atoms with Gasteiger partial charge >= 0.3 is 0 Å². The molecule has 2 aromatic carbocycles. The minimum atomic E-state index is -0.194. The van der Waals surface area contributed by atoms with Gasteiger partial charge in [0.05, 0.1) is 6.61 Å². The molecule has 0 aliphatic carbocycles. The molecule has 22 heavy (non-hydrogen) atoms. The quantitative estimate of drug-likeness (QED) is 0.865. The van der Waals surface area contributed by atoms with Crippen LogP contribution in [0.2, 0.25) is 0 Å². The van der Waals surface area contributed by atoms with E-state index in [-0.39, 0.29) is 11.7 Å². The summed E-state index contributed by atoms with van der Waals surface area (Å²) in [5, 5.41) is 0. The lowest BCUT2D eigenvalue weighted by molar-refractivity contribution is 0.293. The highest BCUT2D eigenvalue weighted by Crippen LogP contribution is 2.27. The van der Waals surface area contributed by atoms with Crippen molar-refractivity contribution in [3.63, 3.8) is 0 Å². The lowest BCUT2D eigenvalue weighted by atomic mass is 9.95. The summed E-state index contributed by atoms with van der Waals surface area (Å²) in [5.74, 6) is 0.719. The molecule has 2 aromatic rings. The van der Waals surface area contributed by atoms with E-state index >= 15 is 0 Å². The third kappa shape index (κ3) is 3.66. The third-order valence-corrected chi connectivity index (χ3v) is 4.22. The molecule has 0 fully saturated rings. The van der Waals surface area contributed by atoms with E-state index < -0.39 is 0 Å². The van der Waals surface area contributed by atoms with E-state index in [1.807, 2.05) is 13.0 Å². The van der Waals surface area contributed by atoms with Crippen molar-refractivity contribution in [1.29, 1.82) is 0 Å². The average molecular weight is 301 g/mol. The number of hydrogen-bond acceptors (Lipinski definition) is 2. The lowest BCUT2D eigenvalue weighted by Crippen LogP contribution is -2.17. The molecule has 2 nitrogen and oxygen atoms in total. The van der Waals surface area contributed by atoms with Crippen LogP contribution in [0.3, 0.4) is 0 Å². The van der Waals surface area contributed by atoms with Crippen LogP contribution in [0.15, 0.2) is 36.4 Å². The van der Waals surface area contributed by atoms with Crippen molar-refractivity contribution in [2.45, 2.75) is 33.1 Å². The topological polar surface area (TPSA) is 35.2 Å². The first-order valence-electron chi connectivity index (χ1n) is 7.68. The summed E-state index contributed by atoms with van der Waals surface area (Å²) >= 11 is 0. The summed E-state index contributed by atoms with van der Waals surface area (Å²) in [7, 11) is 0. The molecule has 0 radical (unpaired) electrons. The molecule has 2 N–H and O–H groups in total.